The first-order chi connectivity index (χ1) is 12.0. The molecule has 1 atom stereocenters. The van der Waals surface area contributed by atoms with E-state index in [1.807, 2.05) is 18.2 Å². The maximum Gasteiger partial charge on any atom is 0.252 e. The van der Waals surface area contributed by atoms with Crippen molar-refractivity contribution < 1.29 is 14.3 Å². The third kappa shape index (κ3) is 4.31. The quantitative estimate of drug-likeness (QED) is 0.894. The fourth-order valence-corrected chi connectivity index (χ4v) is 2.93. The summed E-state index contributed by atoms with van der Waals surface area (Å²) < 4.78 is 5.73. The molecule has 1 aliphatic heterocycles. The van der Waals surface area contributed by atoms with Gasteiger partial charge in [0.05, 0.1) is 0 Å². The molecule has 1 N–H and O–H groups in total. The first kappa shape index (κ1) is 17.3. The Morgan fingerprint density at radius 1 is 1.28 bits per heavy atom. The number of carbonyl (C=O) groups excluding carboxylic acids is 2. The molecule has 1 unspecified atom stereocenters. The number of hydrogen-bond acceptors (Lipinski definition) is 3. The molecular formula is C19H19ClN2O3. The van der Waals surface area contributed by atoms with Crippen LogP contribution < -0.4 is 10.1 Å². The molecule has 0 saturated carbocycles. The molecule has 5 nitrogen and oxygen atoms in total. The summed E-state index contributed by atoms with van der Waals surface area (Å²) in [4.78, 5) is 25.9. The van der Waals surface area contributed by atoms with Gasteiger partial charge in [-0.05, 0) is 42.3 Å². The van der Waals surface area contributed by atoms with Crippen molar-refractivity contribution in [2.75, 3.05) is 13.6 Å². The van der Waals surface area contributed by atoms with Gasteiger partial charge in [-0.15, -0.1) is 0 Å². The van der Waals surface area contributed by atoms with E-state index in [4.69, 9.17) is 16.3 Å². The Hall–Kier alpha value is -2.53. The largest absolute Gasteiger partial charge is 0.489 e. The standard InChI is InChI=1S/C19H19ClN2O3/c1-22-9-8-17(19(22)24)21-18(23)14-5-3-7-16(11-14)25-12-13-4-2-6-15(20)10-13/h2-7,10-11,17H,8-9,12H2,1H3,(H,21,23). The topological polar surface area (TPSA) is 58.6 Å². The second-order valence-electron chi connectivity index (χ2n) is 6.02. The molecule has 0 radical (unpaired) electrons. The minimum absolute atomic E-state index is 0.0540. The van der Waals surface area contributed by atoms with E-state index in [-0.39, 0.29) is 11.8 Å². The molecule has 0 bridgehead atoms. The highest BCUT2D eigenvalue weighted by Crippen LogP contribution is 2.18. The van der Waals surface area contributed by atoms with Gasteiger partial charge in [-0.25, -0.2) is 0 Å². The molecule has 1 fully saturated rings. The summed E-state index contributed by atoms with van der Waals surface area (Å²) in [5.41, 5.74) is 1.41. The lowest BCUT2D eigenvalue weighted by atomic mass is 10.1. The summed E-state index contributed by atoms with van der Waals surface area (Å²) in [5.74, 6) is 0.256. The van der Waals surface area contributed by atoms with E-state index in [9.17, 15) is 9.59 Å². The monoisotopic (exact) mass is 358 g/mol. The normalized spacial score (nSPS) is 16.8. The smallest absolute Gasteiger partial charge is 0.252 e. The number of nitrogens with one attached hydrogen (secondary N) is 1. The van der Waals surface area contributed by atoms with Crippen LogP contribution >= 0.6 is 11.6 Å². The first-order valence-electron chi connectivity index (χ1n) is 8.06. The highest BCUT2D eigenvalue weighted by atomic mass is 35.5. The Morgan fingerprint density at radius 2 is 2.08 bits per heavy atom. The van der Waals surface area contributed by atoms with Gasteiger partial charge in [0.2, 0.25) is 5.91 Å². The van der Waals surface area contributed by atoms with Crippen LogP contribution in [0.1, 0.15) is 22.3 Å². The van der Waals surface area contributed by atoms with Crippen molar-refractivity contribution >= 4 is 23.4 Å². The molecule has 1 saturated heterocycles. The zero-order chi connectivity index (χ0) is 17.8. The molecule has 130 valence electrons. The number of amides is 2. The van der Waals surface area contributed by atoms with Crippen LogP contribution in [0.3, 0.4) is 0 Å². The van der Waals surface area contributed by atoms with Crippen LogP contribution in [0, 0.1) is 0 Å². The van der Waals surface area contributed by atoms with Gasteiger partial charge in [-0.1, -0.05) is 29.8 Å². The third-order valence-corrected chi connectivity index (χ3v) is 4.36. The summed E-state index contributed by atoms with van der Waals surface area (Å²) in [6.45, 7) is 1.02. The molecule has 3 rings (SSSR count). The van der Waals surface area contributed by atoms with E-state index >= 15 is 0 Å². The van der Waals surface area contributed by atoms with Crippen molar-refractivity contribution in [1.29, 1.82) is 0 Å². The van der Waals surface area contributed by atoms with Crippen LogP contribution in [0.25, 0.3) is 0 Å². The number of likely N-dealkylation sites (tertiary alicyclic amines) is 1. The van der Waals surface area contributed by atoms with Crippen LogP contribution in [-0.4, -0.2) is 36.3 Å². The van der Waals surface area contributed by atoms with Gasteiger partial charge in [0.1, 0.15) is 18.4 Å². The average Bonchev–Trinajstić information content (AvgIpc) is 2.92. The van der Waals surface area contributed by atoms with Crippen LogP contribution in [0.4, 0.5) is 0 Å². The second kappa shape index (κ2) is 7.57. The molecule has 25 heavy (non-hydrogen) atoms. The van der Waals surface area contributed by atoms with Crippen molar-refractivity contribution in [3.05, 3.63) is 64.7 Å². The number of benzene rings is 2. The van der Waals surface area contributed by atoms with Gasteiger partial charge in [0.15, 0.2) is 0 Å². The molecule has 2 amide bonds. The minimum atomic E-state index is -0.450. The molecule has 6 heteroatoms. The van der Waals surface area contributed by atoms with Crippen molar-refractivity contribution in [3.63, 3.8) is 0 Å². The predicted octanol–water partition coefficient (Wildman–Crippen LogP) is 2.88. The summed E-state index contributed by atoms with van der Waals surface area (Å²) in [6, 6.07) is 13.9. The molecule has 1 heterocycles. The molecule has 2 aromatic rings. The molecule has 0 aliphatic carbocycles. The molecule has 2 aromatic carbocycles. The summed E-state index contributed by atoms with van der Waals surface area (Å²) in [6.07, 6.45) is 0.631. The van der Waals surface area contributed by atoms with E-state index < -0.39 is 6.04 Å². The van der Waals surface area contributed by atoms with Crippen LogP contribution in [0.2, 0.25) is 5.02 Å². The minimum Gasteiger partial charge on any atom is -0.489 e. The van der Waals surface area contributed by atoms with Crippen molar-refractivity contribution in [2.24, 2.45) is 0 Å². The lowest BCUT2D eigenvalue weighted by molar-refractivity contribution is -0.128. The lowest BCUT2D eigenvalue weighted by Gasteiger charge is -2.13. The van der Waals surface area contributed by atoms with Crippen LogP contribution in [0.15, 0.2) is 48.5 Å². The fourth-order valence-electron chi connectivity index (χ4n) is 2.72. The predicted molar refractivity (Wildman–Crippen MR) is 95.7 cm³/mol. The zero-order valence-electron chi connectivity index (χ0n) is 13.9. The summed E-state index contributed by atoms with van der Waals surface area (Å²) in [7, 11) is 1.73. The highest BCUT2D eigenvalue weighted by Gasteiger charge is 2.30. The van der Waals surface area contributed by atoms with Crippen molar-refractivity contribution in [1.82, 2.24) is 10.2 Å². The lowest BCUT2D eigenvalue weighted by Crippen LogP contribution is -2.40. The molecular weight excluding hydrogens is 340 g/mol. The van der Waals surface area contributed by atoms with E-state index in [2.05, 4.69) is 5.32 Å². The van der Waals surface area contributed by atoms with Crippen LogP contribution in [-0.2, 0) is 11.4 Å². The first-order valence-corrected chi connectivity index (χ1v) is 8.44. The van der Waals surface area contributed by atoms with Gasteiger partial charge in [0, 0.05) is 24.2 Å². The van der Waals surface area contributed by atoms with Gasteiger partial charge >= 0.3 is 0 Å². The summed E-state index contributed by atoms with van der Waals surface area (Å²) in [5, 5.41) is 3.43. The Balaban J connectivity index is 1.62. The number of hydrogen-bond donors (Lipinski definition) is 1. The number of nitrogens with zero attached hydrogens (tertiary/aromatic N) is 1. The highest BCUT2D eigenvalue weighted by molar-refractivity contribution is 6.30. The van der Waals surface area contributed by atoms with E-state index in [0.717, 1.165) is 5.56 Å². The van der Waals surface area contributed by atoms with Gasteiger partial charge in [0.25, 0.3) is 5.91 Å². The fraction of sp³-hybridized carbons (Fsp3) is 0.263. The molecule has 0 spiro atoms. The Kier molecular flexibility index (Phi) is 5.24. The number of carbonyl (C=O) groups is 2. The second-order valence-corrected chi connectivity index (χ2v) is 6.46. The van der Waals surface area contributed by atoms with Gasteiger partial charge in [-0.2, -0.15) is 0 Å². The number of likely N-dealkylation sites (N-methyl/N-ethyl adjacent to an activating group) is 1. The molecule has 1 aliphatic rings. The Bertz CT molecular complexity index is 794. The van der Waals surface area contributed by atoms with Gasteiger partial charge in [-0.3, -0.25) is 9.59 Å². The van der Waals surface area contributed by atoms with Crippen molar-refractivity contribution in [2.45, 2.75) is 19.1 Å². The Labute approximate surface area is 151 Å². The van der Waals surface area contributed by atoms with Crippen LogP contribution in [0.5, 0.6) is 5.75 Å². The number of rotatable bonds is 5. The van der Waals surface area contributed by atoms with E-state index in [1.165, 1.54) is 0 Å². The summed E-state index contributed by atoms with van der Waals surface area (Å²) >= 11 is 5.96. The maximum atomic E-state index is 12.4. The number of ether oxygens (including phenoxy) is 1. The maximum absolute atomic E-state index is 12.4. The Morgan fingerprint density at radius 3 is 2.80 bits per heavy atom. The number of halogens is 1. The average molecular weight is 359 g/mol. The molecule has 0 aromatic heterocycles. The zero-order valence-corrected chi connectivity index (χ0v) is 14.6. The third-order valence-electron chi connectivity index (χ3n) is 4.12. The van der Waals surface area contributed by atoms with Gasteiger partial charge < -0.3 is 15.0 Å². The van der Waals surface area contributed by atoms with Crippen molar-refractivity contribution in [3.8, 4) is 5.75 Å². The van der Waals surface area contributed by atoms with E-state index in [1.54, 1.807) is 42.3 Å². The SMILES string of the molecule is CN1CCC(NC(=O)c2cccc(OCc3cccc(Cl)c3)c2)C1=O. The van der Waals surface area contributed by atoms with E-state index in [0.29, 0.717) is 35.9 Å².